The first-order valence-corrected chi connectivity index (χ1v) is 6.70. The number of hydrogen-bond acceptors (Lipinski definition) is 5. The first-order valence-electron chi connectivity index (χ1n) is 6.70. The summed E-state index contributed by atoms with van der Waals surface area (Å²) in [5.74, 6) is -1.14. The number of carbonyl (C=O) groups is 2. The monoisotopic (exact) mass is 293 g/mol. The van der Waals surface area contributed by atoms with Crippen LogP contribution in [0.1, 0.15) is 37.7 Å². The fraction of sp³-hybridized carbons (Fsp3) is 0.467. The van der Waals surface area contributed by atoms with Crippen LogP contribution in [-0.4, -0.2) is 29.8 Å². The van der Waals surface area contributed by atoms with Crippen molar-refractivity contribution >= 4 is 11.8 Å². The Kier molecular flexibility index (Phi) is 6.52. The van der Waals surface area contributed by atoms with Gasteiger partial charge in [0.15, 0.2) is 0 Å². The van der Waals surface area contributed by atoms with Crippen molar-refractivity contribution in [3.05, 3.63) is 46.0 Å². The topological polar surface area (TPSA) is 86.5 Å². The lowest BCUT2D eigenvalue weighted by Crippen LogP contribution is -2.30. The van der Waals surface area contributed by atoms with E-state index in [2.05, 4.69) is 4.74 Å². The maximum atomic E-state index is 11.4. The molecule has 2 atom stereocenters. The fourth-order valence-electron chi connectivity index (χ4n) is 2.31. The van der Waals surface area contributed by atoms with Crippen molar-refractivity contribution in [3.63, 3.8) is 0 Å². The molecule has 0 aliphatic carbocycles. The SMILES string of the molecule is COC(=O)CC[C@H]([C@@H](CC(C)=O)c1ccccc1)[N+](=O)[O-]. The van der Waals surface area contributed by atoms with E-state index in [1.54, 1.807) is 24.3 Å². The minimum absolute atomic E-state index is 0.0383. The van der Waals surface area contributed by atoms with Crippen molar-refractivity contribution in [1.29, 1.82) is 0 Å². The van der Waals surface area contributed by atoms with Crippen molar-refractivity contribution in [2.75, 3.05) is 7.11 Å². The smallest absolute Gasteiger partial charge is 0.305 e. The van der Waals surface area contributed by atoms with Crippen LogP contribution in [0.3, 0.4) is 0 Å². The number of ether oxygens (including phenoxy) is 1. The molecule has 114 valence electrons. The molecular weight excluding hydrogens is 274 g/mol. The number of hydrogen-bond donors (Lipinski definition) is 0. The molecule has 0 saturated heterocycles. The summed E-state index contributed by atoms with van der Waals surface area (Å²) in [4.78, 5) is 33.6. The summed E-state index contributed by atoms with van der Waals surface area (Å²) < 4.78 is 4.52. The highest BCUT2D eigenvalue weighted by atomic mass is 16.6. The molecule has 0 aliphatic heterocycles. The Morgan fingerprint density at radius 1 is 1.29 bits per heavy atom. The van der Waals surface area contributed by atoms with E-state index in [1.165, 1.54) is 14.0 Å². The van der Waals surface area contributed by atoms with Gasteiger partial charge in [0.05, 0.1) is 19.4 Å². The zero-order valence-electron chi connectivity index (χ0n) is 12.2. The highest BCUT2D eigenvalue weighted by molar-refractivity contribution is 5.76. The molecule has 0 heterocycles. The molecular formula is C15H19NO5. The van der Waals surface area contributed by atoms with Gasteiger partial charge < -0.3 is 9.53 Å². The second-order valence-electron chi connectivity index (χ2n) is 4.89. The maximum absolute atomic E-state index is 11.4. The molecule has 1 aromatic rings. The van der Waals surface area contributed by atoms with Gasteiger partial charge in [-0.25, -0.2) is 0 Å². The lowest BCUT2D eigenvalue weighted by molar-refractivity contribution is -0.527. The molecule has 1 aromatic carbocycles. The maximum Gasteiger partial charge on any atom is 0.305 e. The number of rotatable bonds is 8. The van der Waals surface area contributed by atoms with Crippen LogP contribution >= 0.6 is 0 Å². The average Bonchev–Trinajstić information content (AvgIpc) is 2.46. The van der Waals surface area contributed by atoms with E-state index in [0.29, 0.717) is 0 Å². The van der Waals surface area contributed by atoms with Crippen LogP contribution in [-0.2, 0) is 14.3 Å². The summed E-state index contributed by atoms with van der Waals surface area (Å²) in [6, 6.07) is 7.91. The van der Waals surface area contributed by atoms with Crippen LogP contribution in [0.4, 0.5) is 0 Å². The zero-order valence-corrected chi connectivity index (χ0v) is 12.2. The van der Waals surface area contributed by atoms with E-state index in [9.17, 15) is 19.7 Å². The molecule has 0 fully saturated rings. The van der Waals surface area contributed by atoms with E-state index in [4.69, 9.17) is 0 Å². The molecule has 0 N–H and O–H groups in total. The van der Waals surface area contributed by atoms with Gasteiger partial charge in [0.2, 0.25) is 6.04 Å². The average molecular weight is 293 g/mol. The number of ketones is 1. The lowest BCUT2D eigenvalue weighted by Gasteiger charge is -2.20. The van der Waals surface area contributed by atoms with Crippen LogP contribution in [0.25, 0.3) is 0 Å². The second-order valence-corrected chi connectivity index (χ2v) is 4.89. The second kappa shape index (κ2) is 8.14. The Hall–Kier alpha value is -2.24. The molecule has 0 bridgehead atoms. The van der Waals surface area contributed by atoms with Gasteiger partial charge in [0.25, 0.3) is 0 Å². The number of nitro groups is 1. The van der Waals surface area contributed by atoms with Crippen molar-refractivity contribution in [2.24, 2.45) is 0 Å². The van der Waals surface area contributed by atoms with Gasteiger partial charge in [0.1, 0.15) is 5.78 Å². The Morgan fingerprint density at radius 3 is 2.38 bits per heavy atom. The molecule has 6 nitrogen and oxygen atoms in total. The molecule has 1 rings (SSSR count). The van der Waals surface area contributed by atoms with Gasteiger partial charge in [0, 0.05) is 17.8 Å². The first kappa shape index (κ1) is 16.8. The summed E-state index contributed by atoms with van der Waals surface area (Å²) >= 11 is 0. The molecule has 0 saturated carbocycles. The Morgan fingerprint density at radius 2 is 1.90 bits per heavy atom. The number of benzene rings is 1. The molecule has 0 unspecified atom stereocenters. The summed E-state index contributed by atoms with van der Waals surface area (Å²) in [7, 11) is 1.24. The summed E-state index contributed by atoms with van der Waals surface area (Å²) in [6.07, 6.45) is 0.0900. The van der Waals surface area contributed by atoms with Crippen molar-refractivity contribution < 1.29 is 19.2 Å². The third kappa shape index (κ3) is 5.33. The van der Waals surface area contributed by atoms with E-state index in [0.717, 1.165) is 5.56 Å². The van der Waals surface area contributed by atoms with Gasteiger partial charge in [-0.1, -0.05) is 30.3 Å². The first-order chi connectivity index (χ1) is 9.95. The number of Topliss-reactive ketones (excluding diaryl/α,β-unsaturated/α-hetero) is 1. The molecule has 6 heteroatoms. The molecule has 0 spiro atoms. The largest absolute Gasteiger partial charge is 0.469 e. The third-order valence-corrected chi connectivity index (χ3v) is 3.34. The normalized spacial score (nSPS) is 13.2. The molecule has 0 aromatic heterocycles. The summed E-state index contributed by atoms with van der Waals surface area (Å²) in [5.41, 5.74) is 0.735. The van der Waals surface area contributed by atoms with Crippen LogP contribution in [0.15, 0.2) is 30.3 Å². The standard InChI is InChI=1S/C15H19NO5/c1-11(17)10-13(12-6-4-3-5-7-12)14(16(19)20)8-9-15(18)21-2/h3-7,13-14H,8-10H2,1-2H3/t13-,14+/m0/s1. The third-order valence-electron chi connectivity index (χ3n) is 3.34. The Labute approximate surface area is 123 Å². The van der Waals surface area contributed by atoms with E-state index >= 15 is 0 Å². The van der Waals surface area contributed by atoms with Gasteiger partial charge in [-0.2, -0.15) is 0 Å². The number of carbonyl (C=O) groups excluding carboxylic acids is 2. The lowest BCUT2D eigenvalue weighted by atomic mass is 9.85. The van der Waals surface area contributed by atoms with Gasteiger partial charge in [-0.3, -0.25) is 14.9 Å². The molecule has 0 amide bonds. The minimum atomic E-state index is -0.990. The van der Waals surface area contributed by atoms with Gasteiger partial charge in [-0.05, 0) is 12.5 Å². The minimum Gasteiger partial charge on any atom is -0.469 e. The Bertz CT molecular complexity index is 500. The van der Waals surface area contributed by atoms with Crippen molar-refractivity contribution in [2.45, 2.75) is 38.1 Å². The van der Waals surface area contributed by atoms with Crippen LogP contribution < -0.4 is 0 Å². The predicted octanol–water partition coefficient (Wildman–Crippen LogP) is 2.35. The number of esters is 1. The highest BCUT2D eigenvalue weighted by Gasteiger charge is 2.34. The number of methoxy groups -OCH3 is 1. The van der Waals surface area contributed by atoms with E-state index in [1.807, 2.05) is 6.07 Å². The van der Waals surface area contributed by atoms with Crippen LogP contribution in [0.5, 0.6) is 0 Å². The Balaban J connectivity index is 2.98. The zero-order chi connectivity index (χ0) is 15.8. The van der Waals surface area contributed by atoms with E-state index in [-0.39, 0.29) is 25.0 Å². The highest BCUT2D eigenvalue weighted by Crippen LogP contribution is 2.28. The van der Waals surface area contributed by atoms with Gasteiger partial charge >= 0.3 is 5.97 Å². The van der Waals surface area contributed by atoms with Crippen LogP contribution in [0.2, 0.25) is 0 Å². The fourth-order valence-corrected chi connectivity index (χ4v) is 2.31. The number of nitrogens with zero attached hydrogens (tertiary/aromatic N) is 1. The molecule has 0 aliphatic rings. The quantitative estimate of drug-likeness (QED) is 0.417. The van der Waals surface area contributed by atoms with Crippen molar-refractivity contribution in [1.82, 2.24) is 0 Å². The van der Waals surface area contributed by atoms with Crippen LogP contribution in [0, 0.1) is 10.1 Å². The van der Waals surface area contributed by atoms with Gasteiger partial charge in [-0.15, -0.1) is 0 Å². The summed E-state index contributed by atoms with van der Waals surface area (Å²) in [5, 5.41) is 11.3. The predicted molar refractivity (Wildman–Crippen MR) is 76.5 cm³/mol. The summed E-state index contributed by atoms with van der Waals surface area (Å²) in [6.45, 7) is 1.41. The molecule has 0 radical (unpaired) electrons. The molecule has 21 heavy (non-hydrogen) atoms. The van der Waals surface area contributed by atoms with Crippen molar-refractivity contribution in [3.8, 4) is 0 Å². The van der Waals surface area contributed by atoms with E-state index < -0.39 is 22.9 Å².